The minimum atomic E-state index is -0.294. The zero-order valence-corrected chi connectivity index (χ0v) is 15.2. The second kappa shape index (κ2) is 7.69. The van der Waals surface area contributed by atoms with Gasteiger partial charge in [-0.3, -0.25) is 4.79 Å². The number of carbonyl (C=O) groups is 1. The van der Waals surface area contributed by atoms with Gasteiger partial charge < -0.3 is 10.6 Å². The normalized spacial score (nSPS) is 23.4. The van der Waals surface area contributed by atoms with Crippen LogP contribution < -0.4 is 10.6 Å². The fourth-order valence-electron chi connectivity index (χ4n) is 4.32. The van der Waals surface area contributed by atoms with E-state index in [1.807, 2.05) is 0 Å². The average molecular weight is 329 g/mol. The first kappa shape index (κ1) is 17.5. The summed E-state index contributed by atoms with van der Waals surface area (Å²) in [6, 6.07) is 8.81. The molecule has 3 nitrogen and oxygen atoms in total. The van der Waals surface area contributed by atoms with Crippen LogP contribution in [0.25, 0.3) is 0 Å². The lowest BCUT2D eigenvalue weighted by molar-refractivity contribution is -0.126. The molecular weight excluding hydrogens is 296 g/mol. The molecule has 2 fully saturated rings. The average Bonchev–Trinajstić information content (AvgIpc) is 3.12. The molecule has 1 heterocycles. The Balaban J connectivity index is 1.71. The third-order valence-electron chi connectivity index (χ3n) is 5.97. The van der Waals surface area contributed by atoms with Crippen molar-refractivity contribution in [2.24, 2.45) is 5.92 Å². The number of rotatable bonds is 5. The minimum Gasteiger partial charge on any atom is -0.355 e. The van der Waals surface area contributed by atoms with Crippen LogP contribution in [0, 0.1) is 5.92 Å². The molecule has 3 rings (SSSR count). The fourth-order valence-corrected chi connectivity index (χ4v) is 4.32. The van der Waals surface area contributed by atoms with Gasteiger partial charge in [-0.1, -0.05) is 51.0 Å². The van der Waals surface area contributed by atoms with Gasteiger partial charge in [0.1, 0.15) is 0 Å². The zero-order valence-electron chi connectivity index (χ0n) is 15.2. The molecule has 1 unspecified atom stereocenters. The minimum absolute atomic E-state index is 0.253. The lowest BCUT2D eigenvalue weighted by Crippen LogP contribution is -2.46. The van der Waals surface area contributed by atoms with E-state index in [4.69, 9.17) is 0 Å². The second-order valence-corrected chi connectivity index (χ2v) is 7.99. The lowest BCUT2D eigenvalue weighted by Gasteiger charge is -2.30. The molecule has 1 atom stereocenters. The Morgan fingerprint density at radius 1 is 1.21 bits per heavy atom. The number of amides is 1. The van der Waals surface area contributed by atoms with E-state index in [9.17, 15) is 4.79 Å². The van der Waals surface area contributed by atoms with Gasteiger partial charge in [-0.05, 0) is 61.7 Å². The number of hydrogen-bond donors (Lipinski definition) is 2. The highest BCUT2D eigenvalue weighted by Crippen LogP contribution is 2.41. The molecule has 1 amide bonds. The van der Waals surface area contributed by atoms with E-state index in [1.54, 1.807) is 0 Å². The molecule has 1 aliphatic heterocycles. The van der Waals surface area contributed by atoms with E-state index in [0.717, 1.165) is 45.3 Å². The Kier molecular flexibility index (Phi) is 5.60. The largest absolute Gasteiger partial charge is 0.355 e. The summed E-state index contributed by atoms with van der Waals surface area (Å²) in [5.41, 5.74) is 2.27. The van der Waals surface area contributed by atoms with Crippen molar-refractivity contribution in [2.75, 3.05) is 19.6 Å². The maximum absolute atomic E-state index is 13.1. The number of benzene rings is 1. The number of hydrogen-bond acceptors (Lipinski definition) is 2. The summed E-state index contributed by atoms with van der Waals surface area (Å²) < 4.78 is 0. The predicted octanol–water partition coefficient (Wildman–Crippen LogP) is 3.74. The lowest BCUT2D eigenvalue weighted by atomic mass is 9.77. The van der Waals surface area contributed by atoms with Crippen molar-refractivity contribution in [1.29, 1.82) is 0 Å². The molecule has 1 saturated carbocycles. The molecule has 0 spiro atoms. The van der Waals surface area contributed by atoms with E-state index in [-0.39, 0.29) is 11.3 Å². The highest BCUT2D eigenvalue weighted by molar-refractivity contribution is 5.88. The van der Waals surface area contributed by atoms with Crippen molar-refractivity contribution in [3.63, 3.8) is 0 Å². The van der Waals surface area contributed by atoms with Crippen LogP contribution in [0.2, 0.25) is 0 Å². The molecule has 1 aromatic carbocycles. The molecular formula is C21H32N2O. The summed E-state index contributed by atoms with van der Waals surface area (Å²) in [6.07, 6.45) is 6.74. The summed E-state index contributed by atoms with van der Waals surface area (Å²) in [7, 11) is 0. The van der Waals surface area contributed by atoms with Gasteiger partial charge in [0.2, 0.25) is 5.91 Å². The van der Waals surface area contributed by atoms with E-state index in [2.05, 4.69) is 48.7 Å². The van der Waals surface area contributed by atoms with E-state index >= 15 is 0 Å². The standard InChI is InChI=1S/C21H32N2O/c1-16(2)18-7-9-19(10-8-18)21(11-3-4-12-21)20(24)23-15-17-6-5-13-22-14-17/h7-10,16-17,22H,3-6,11-15H2,1-2H3,(H,23,24). The first-order chi connectivity index (χ1) is 11.6. The van der Waals surface area contributed by atoms with Gasteiger partial charge in [-0.25, -0.2) is 0 Å². The highest BCUT2D eigenvalue weighted by atomic mass is 16.2. The third kappa shape index (κ3) is 3.66. The van der Waals surface area contributed by atoms with Crippen LogP contribution in [0.5, 0.6) is 0 Å². The van der Waals surface area contributed by atoms with Crippen LogP contribution in [-0.2, 0) is 10.2 Å². The van der Waals surface area contributed by atoms with E-state index in [0.29, 0.717) is 11.8 Å². The zero-order chi connectivity index (χ0) is 17.0. The van der Waals surface area contributed by atoms with Gasteiger partial charge in [0, 0.05) is 6.54 Å². The highest BCUT2D eigenvalue weighted by Gasteiger charge is 2.42. The number of nitrogens with one attached hydrogen (secondary N) is 2. The van der Waals surface area contributed by atoms with Crippen LogP contribution in [0.15, 0.2) is 24.3 Å². The van der Waals surface area contributed by atoms with Crippen LogP contribution in [0.3, 0.4) is 0 Å². The first-order valence-electron chi connectivity index (χ1n) is 9.71. The third-order valence-corrected chi connectivity index (χ3v) is 5.97. The monoisotopic (exact) mass is 328 g/mol. The molecule has 0 radical (unpaired) electrons. The van der Waals surface area contributed by atoms with Crippen LogP contribution in [0.4, 0.5) is 0 Å². The Hall–Kier alpha value is -1.35. The predicted molar refractivity (Wildman–Crippen MR) is 99.3 cm³/mol. The van der Waals surface area contributed by atoms with E-state index < -0.39 is 0 Å². The van der Waals surface area contributed by atoms with Crippen molar-refractivity contribution in [2.45, 2.75) is 63.7 Å². The van der Waals surface area contributed by atoms with Crippen molar-refractivity contribution >= 4 is 5.91 Å². The van der Waals surface area contributed by atoms with Crippen molar-refractivity contribution in [3.8, 4) is 0 Å². The molecule has 2 N–H and O–H groups in total. The van der Waals surface area contributed by atoms with Crippen molar-refractivity contribution < 1.29 is 4.79 Å². The molecule has 2 aliphatic rings. The van der Waals surface area contributed by atoms with Gasteiger partial charge in [-0.15, -0.1) is 0 Å². The Morgan fingerprint density at radius 2 is 1.92 bits per heavy atom. The molecule has 132 valence electrons. The Morgan fingerprint density at radius 3 is 2.50 bits per heavy atom. The first-order valence-corrected chi connectivity index (χ1v) is 9.71. The Labute approximate surface area is 146 Å². The second-order valence-electron chi connectivity index (χ2n) is 7.99. The molecule has 24 heavy (non-hydrogen) atoms. The maximum Gasteiger partial charge on any atom is 0.230 e. The summed E-state index contributed by atoms with van der Waals surface area (Å²) in [6.45, 7) is 7.40. The Bertz CT molecular complexity index is 537. The van der Waals surface area contributed by atoms with Gasteiger partial charge in [-0.2, -0.15) is 0 Å². The molecule has 3 heteroatoms. The van der Waals surface area contributed by atoms with Crippen LogP contribution in [0.1, 0.15) is 69.4 Å². The van der Waals surface area contributed by atoms with Gasteiger partial charge in [0.15, 0.2) is 0 Å². The quantitative estimate of drug-likeness (QED) is 0.864. The number of carbonyl (C=O) groups excluding carboxylic acids is 1. The van der Waals surface area contributed by atoms with E-state index in [1.165, 1.54) is 24.0 Å². The fraction of sp³-hybridized carbons (Fsp3) is 0.667. The van der Waals surface area contributed by atoms with Gasteiger partial charge in [0.25, 0.3) is 0 Å². The summed E-state index contributed by atoms with van der Waals surface area (Å²) in [4.78, 5) is 13.1. The molecule has 0 aromatic heterocycles. The van der Waals surface area contributed by atoms with Gasteiger partial charge >= 0.3 is 0 Å². The van der Waals surface area contributed by atoms with Crippen molar-refractivity contribution in [1.82, 2.24) is 10.6 Å². The smallest absolute Gasteiger partial charge is 0.230 e. The molecule has 1 aromatic rings. The topological polar surface area (TPSA) is 41.1 Å². The van der Waals surface area contributed by atoms with Gasteiger partial charge in [0.05, 0.1) is 5.41 Å². The van der Waals surface area contributed by atoms with Crippen molar-refractivity contribution in [3.05, 3.63) is 35.4 Å². The molecule has 0 bridgehead atoms. The van der Waals surface area contributed by atoms with Crippen LogP contribution >= 0.6 is 0 Å². The number of piperidine rings is 1. The summed E-state index contributed by atoms with van der Waals surface area (Å²) in [5, 5.41) is 6.73. The summed E-state index contributed by atoms with van der Waals surface area (Å²) in [5.74, 6) is 1.37. The summed E-state index contributed by atoms with van der Waals surface area (Å²) >= 11 is 0. The SMILES string of the molecule is CC(C)c1ccc(C2(C(=O)NCC3CCCNC3)CCCC2)cc1. The van der Waals surface area contributed by atoms with Crippen LogP contribution in [-0.4, -0.2) is 25.5 Å². The maximum atomic E-state index is 13.1. The molecule has 1 saturated heterocycles. The molecule has 1 aliphatic carbocycles.